The molecule has 0 radical (unpaired) electrons. The second kappa shape index (κ2) is 9.73. The zero-order chi connectivity index (χ0) is 24.5. The quantitative estimate of drug-likeness (QED) is 0.312. The minimum Gasteiger partial charge on any atom is -0.440 e. The highest BCUT2D eigenvalue weighted by Gasteiger charge is 2.55. The second-order valence-electron chi connectivity index (χ2n) is 9.30. The van der Waals surface area contributed by atoms with E-state index in [-0.39, 0.29) is 11.3 Å². The van der Waals surface area contributed by atoms with Gasteiger partial charge in [0.25, 0.3) is 0 Å². The summed E-state index contributed by atoms with van der Waals surface area (Å²) < 4.78 is 43.8. The standard InChI is InChI=1S/C24H30F3N5OS/c1-16-20(33-15-30-16)21(28)31(2)22(29)34-12-4-11-32-10-3-9-23(14-32)13-19(23)17-5-7-18(8-6-17)24(25,26)27/h5-8,15,19,28-29H,3-4,9-14H2,1-2H3/t19-,23-/m1/s1. The van der Waals surface area contributed by atoms with E-state index in [1.54, 1.807) is 26.1 Å². The van der Waals surface area contributed by atoms with Crippen LogP contribution in [0.3, 0.4) is 0 Å². The van der Waals surface area contributed by atoms with Gasteiger partial charge in [-0.15, -0.1) is 0 Å². The van der Waals surface area contributed by atoms with Crippen molar-refractivity contribution in [1.82, 2.24) is 14.8 Å². The van der Waals surface area contributed by atoms with Crippen molar-refractivity contribution in [3.63, 3.8) is 0 Å². The van der Waals surface area contributed by atoms with Crippen molar-refractivity contribution in [1.29, 1.82) is 10.8 Å². The molecule has 0 bridgehead atoms. The summed E-state index contributed by atoms with van der Waals surface area (Å²) in [6, 6.07) is 5.71. The highest BCUT2D eigenvalue weighted by molar-refractivity contribution is 8.13. The number of halogens is 3. The van der Waals surface area contributed by atoms with E-state index in [4.69, 9.17) is 15.2 Å². The lowest BCUT2D eigenvalue weighted by Crippen LogP contribution is -2.38. The fourth-order valence-corrected chi connectivity index (χ4v) is 5.71. The number of alkyl halides is 3. The lowest BCUT2D eigenvalue weighted by Gasteiger charge is -2.34. The van der Waals surface area contributed by atoms with Gasteiger partial charge in [-0.05, 0) is 74.7 Å². The van der Waals surface area contributed by atoms with Crippen molar-refractivity contribution in [2.75, 3.05) is 32.4 Å². The Balaban J connectivity index is 1.22. The number of piperidine rings is 1. The van der Waals surface area contributed by atoms with Crippen LogP contribution in [-0.4, -0.2) is 58.2 Å². The summed E-state index contributed by atoms with van der Waals surface area (Å²) in [5.41, 5.74) is 1.26. The van der Waals surface area contributed by atoms with Crippen molar-refractivity contribution < 1.29 is 17.6 Å². The van der Waals surface area contributed by atoms with Gasteiger partial charge in [-0.3, -0.25) is 10.8 Å². The van der Waals surface area contributed by atoms with E-state index < -0.39 is 11.7 Å². The van der Waals surface area contributed by atoms with Crippen LogP contribution < -0.4 is 0 Å². The molecular formula is C24H30F3N5OS. The SMILES string of the molecule is Cc1ncoc1C(=N)N(C)C(=N)SCCCN1CCC[C@@]2(C[C@@H]2c2ccc(C(F)(F)F)cc2)C1. The molecule has 0 amide bonds. The molecule has 1 aliphatic heterocycles. The lowest BCUT2D eigenvalue weighted by molar-refractivity contribution is -0.137. The van der Waals surface area contributed by atoms with Crippen molar-refractivity contribution in [3.05, 3.63) is 53.2 Å². The van der Waals surface area contributed by atoms with Gasteiger partial charge >= 0.3 is 6.18 Å². The Morgan fingerprint density at radius 3 is 2.68 bits per heavy atom. The summed E-state index contributed by atoms with van der Waals surface area (Å²) in [5, 5.41) is 16.8. The molecule has 2 fully saturated rings. The summed E-state index contributed by atoms with van der Waals surface area (Å²) in [4.78, 5) is 7.95. The van der Waals surface area contributed by atoms with Crippen molar-refractivity contribution in [3.8, 4) is 0 Å². The molecule has 1 aromatic heterocycles. The van der Waals surface area contributed by atoms with Gasteiger partial charge in [-0.2, -0.15) is 13.2 Å². The summed E-state index contributed by atoms with van der Waals surface area (Å²) in [5.74, 6) is 1.61. The van der Waals surface area contributed by atoms with Crippen LogP contribution in [0, 0.1) is 23.2 Å². The summed E-state index contributed by atoms with van der Waals surface area (Å²) in [6.07, 6.45) is 1.22. The van der Waals surface area contributed by atoms with Gasteiger partial charge < -0.3 is 14.2 Å². The number of aromatic nitrogens is 1. The van der Waals surface area contributed by atoms with Gasteiger partial charge in [-0.25, -0.2) is 4.98 Å². The van der Waals surface area contributed by atoms with E-state index in [0.29, 0.717) is 22.5 Å². The van der Waals surface area contributed by atoms with Gasteiger partial charge in [0.05, 0.1) is 11.3 Å². The maximum Gasteiger partial charge on any atom is 0.416 e. The molecule has 34 heavy (non-hydrogen) atoms. The first-order chi connectivity index (χ1) is 16.1. The smallest absolute Gasteiger partial charge is 0.416 e. The molecule has 2 aliphatic rings. The Hall–Kier alpha value is -2.33. The molecule has 2 aromatic rings. The van der Waals surface area contributed by atoms with Crippen LogP contribution in [0.2, 0.25) is 0 Å². The van der Waals surface area contributed by atoms with Crippen LogP contribution in [0.1, 0.15) is 54.2 Å². The van der Waals surface area contributed by atoms with Gasteiger partial charge in [0.1, 0.15) is 0 Å². The number of rotatable bonds is 6. The number of hydrogen-bond acceptors (Lipinski definition) is 6. The first-order valence-electron chi connectivity index (χ1n) is 11.4. The van der Waals surface area contributed by atoms with Crippen LogP contribution >= 0.6 is 11.8 Å². The summed E-state index contributed by atoms with van der Waals surface area (Å²) in [7, 11) is 1.68. The molecule has 2 atom stereocenters. The average Bonchev–Trinajstić information content (AvgIpc) is 3.30. The number of likely N-dealkylation sites (tertiary alicyclic amines) is 1. The molecule has 2 heterocycles. The zero-order valence-electron chi connectivity index (χ0n) is 19.4. The normalized spacial score (nSPS) is 22.7. The Morgan fingerprint density at radius 2 is 2.03 bits per heavy atom. The predicted molar refractivity (Wildman–Crippen MR) is 128 cm³/mol. The van der Waals surface area contributed by atoms with E-state index in [0.717, 1.165) is 56.6 Å². The molecule has 4 rings (SSSR count). The van der Waals surface area contributed by atoms with Crippen molar-refractivity contribution in [2.45, 2.75) is 44.7 Å². The second-order valence-corrected chi connectivity index (χ2v) is 10.4. The number of hydrogen-bond donors (Lipinski definition) is 2. The third-order valence-electron chi connectivity index (χ3n) is 6.98. The first kappa shape index (κ1) is 24.8. The van der Waals surface area contributed by atoms with Crippen LogP contribution in [0.5, 0.6) is 0 Å². The Morgan fingerprint density at radius 1 is 1.29 bits per heavy atom. The maximum absolute atomic E-state index is 12.9. The molecule has 184 valence electrons. The largest absolute Gasteiger partial charge is 0.440 e. The zero-order valence-corrected chi connectivity index (χ0v) is 20.2. The number of amidine groups is 2. The van der Waals surface area contributed by atoms with Crippen molar-refractivity contribution >= 4 is 22.8 Å². The maximum atomic E-state index is 12.9. The Labute approximate surface area is 201 Å². The Bertz CT molecular complexity index is 1040. The number of thioether (sulfide) groups is 1. The predicted octanol–water partition coefficient (Wildman–Crippen LogP) is 5.59. The molecule has 1 spiro atoms. The number of aryl methyl sites for hydroxylation is 1. The fraction of sp³-hybridized carbons (Fsp3) is 0.542. The molecular weight excluding hydrogens is 463 g/mol. The molecule has 2 N–H and O–H groups in total. The van der Waals surface area contributed by atoms with Gasteiger partial charge in [0.2, 0.25) is 0 Å². The van der Waals surface area contributed by atoms with Gasteiger partial charge in [-0.1, -0.05) is 23.9 Å². The number of nitrogens with one attached hydrogen (secondary N) is 2. The van der Waals surface area contributed by atoms with Crippen LogP contribution in [0.25, 0.3) is 0 Å². The van der Waals surface area contributed by atoms with Crippen LogP contribution in [0.15, 0.2) is 35.1 Å². The van der Waals surface area contributed by atoms with Crippen molar-refractivity contribution in [2.24, 2.45) is 5.41 Å². The molecule has 6 nitrogen and oxygen atoms in total. The van der Waals surface area contributed by atoms with Crippen LogP contribution in [-0.2, 0) is 6.18 Å². The Kier molecular flexibility index (Phi) is 7.09. The van der Waals surface area contributed by atoms with Gasteiger partial charge in [0, 0.05) is 19.3 Å². The minimum absolute atomic E-state index is 0.119. The highest BCUT2D eigenvalue weighted by atomic mass is 32.2. The minimum atomic E-state index is -4.29. The topological polar surface area (TPSA) is 80.2 Å². The highest BCUT2D eigenvalue weighted by Crippen LogP contribution is 2.63. The summed E-state index contributed by atoms with van der Waals surface area (Å²) >= 11 is 1.41. The van der Waals surface area contributed by atoms with E-state index in [1.165, 1.54) is 35.2 Å². The van der Waals surface area contributed by atoms with E-state index in [2.05, 4.69) is 9.88 Å². The van der Waals surface area contributed by atoms with E-state index in [9.17, 15) is 13.2 Å². The molecule has 1 aliphatic carbocycles. The average molecular weight is 494 g/mol. The van der Waals surface area contributed by atoms with Crippen LogP contribution in [0.4, 0.5) is 13.2 Å². The monoisotopic (exact) mass is 493 g/mol. The number of nitrogens with zero attached hydrogens (tertiary/aromatic N) is 3. The van der Waals surface area contributed by atoms with Gasteiger partial charge in [0.15, 0.2) is 23.2 Å². The molecule has 0 unspecified atom stereocenters. The van der Waals surface area contributed by atoms with E-state index in [1.807, 2.05) is 0 Å². The molecule has 1 saturated heterocycles. The molecule has 10 heteroatoms. The number of benzene rings is 1. The molecule has 1 saturated carbocycles. The number of oxazole rings is 1. The third-order valence-corrected chi connectivity index (χ3v) is 8.02. The fourth-order valence-electron chi connectivity index (χ4n) is 4.96. The summed E-state index contributed by atoms with van der Waals surface area (Å²) in [6.45, 7) is 4.73. The third kappa shape index (κ3) is 5.33. The molecule has 1 aromatic carbocycles. The lowest BCUT2D eigenvalue weighted by atomic mass is 9.89. The van der Waals surface area contributed by atoms with E-state index >= 15 is 0 Å². The first-order valence-corrected chi connectivity index (χ1v) is 12.4.